The number of benzene rings is 3. The zero-order chi connectivity index (χ0) is 18.6. The molecule has 0 amide bonds. The highest BCUT2D eigenvalue weighted by Gasteiger charge is 2.31. The van der Waals surface area contributed by atoms with Gasteiger partial charge in [-0.3, -0.25) is 4.84 Å². The molecule has 3 aromatic rings. The minimum Gasteiger partial charge on any atom is -0.497 e. The summed E-state index contributed by atoms with van der Waals surface area (Å²) in [5.41, 5.74) is 6.51. The molecule has 1 heterocycles. The normalized spacial score (nSPS) is 19.7. The molecule has 1 fully saturated rings. The molecule has 27 heavy (non-hydrogen) atoms. The number of nitrogens with zero attached hydrogens (tertiary/aromatic N) is 1. The van der Waals surface area contributed by atoms with Crippen molar-refractivity contribution in [3.05, 3.63) is 95.0 Å². The Morgan fingerprint density at radius 3 is 2.30 bits per heavy atom. The summed E-state index contributed by atoms with van der Waals surface area (Å²) in [5, 5.41) is 0.709. The van der Waals surface area contributed by atoms with Gasteiger partial charge in [-0.05, 0) is 42.0 Å². The molecule has 5 heteroatoms. The summed E-state index contributed by atoms with van der Waals surface area (Å²) in [6, 6.07) is 26.2. The van der Waals surface area contributed by atoms with Gasteiger partial charge in [0.15, 0.2) is 6.23 Å². The summed E-state index contributed by atoms with van der Waals surface area (Å²) in [6.07, 6.45) is -0.254. The largest absolute Gasteiger partial charge is 0.497 e. The Morgan fingerprint density at radius 2 is 1.63 bits per heavy atom. The first-order valence-corrected chi connectivity index (χ1v) is 9.24. The van der Waals surface area contributed by atoms with Crippen molar-refractivity contribution in [2.75, 3.05) is 18.6 Å². The second-order valence-corrected chi connectivity index (χ2v) is 6.89. The Morgan fingerprint density at radius 1 is 0.926 bits per heavy atom. The maximum atomic E-state index is 6.10. The third kappa shape index (κ3) is 3.93. The molecular weight excluding hydrogens is 360 g/mol. The van der Waals surface area contributed by atoms with E-state index in [2.05, 4.69) is 34.6 Å². The second-order valence-electron chi connectivity index (χ2n) is 6.45. The van der Waals surface area contributed by atoms with Crippen molar-refractivity contribution >= 4 is 17.3 Å². The van der Waals surface area contributed by atoms with E-state index in [0.29, 0.717) is 5.02 Å². The molecule has 0 spiro atoms. The lowest BCUT2D eigenvalue weighted by Gasteiger charge is -2.41. The van der Waals surface area contributed by atoms with E-state index in [9.17, 15) is 0 Å². The van der Waals surface area contributed by atoms with Gasteiger partial charge in [-0.25, -0.2) is 0 Å². The number of ether oxygens (including phenoxy) is 1. The van der Waals surface area contributed by atoms with Crippen molar-refractivity contribution < 1.29 is 9.57 Å². The van der Waals surface area contributed by atoms with Gasteiger partial charge in [-0.15, -0.1) is 0 Å². The van der Waals surface area contributed by atoms with Crippen LogP contribution in [0.3, 0.4) is 0 Å². The monoisotopic (exact) mass is 380 g/mol. The van der Waals surface area contributed by atoms with Crippen LogP contribution in [-0.2, 0) is 4.84 Å². The Balaban J connectivity index is 1.66. The summed E-state index contributed by atoms with van der Waals surface area (Å²) >= 11 is 6.06. The number of hydroxylamine groups is 1. The van der Waals surface area contributed by atoms with Gasteiger partial charge in [0, 0.05) is 22.8 Å². The first-order chi connectivity index (χ1) is 13.2. The Bertz CT molecular complexity index is 869. The fourth-order valence-electron chi connectivity index (χ4n) is 3.29. The summed E-state index contributed by atoms with van der Waals surface area (Å²) in [5.74, 6) is 0.831. The summed E-state index contributed by atoms with van der Waals surface area (Å²) in [6.45, 7) is 0.767. The van der Waals surface area contributed by atoms with Crippen molar-refractivity contribution in [1.29, 1.82) is 0 Å². The maximum Gasteiger partial charge on any atom is 0.176 e. The molecule has 0 aromatic heterocycles. The van der Waals surface area contributed by atoms with Crippen molar-refractivity contribution in [3.63, 3.8) is 0 Å². The fourth-order valence-corrected chi connectivity index (χ4v) is 3.41. The Kier molecular flexibility index (Phi) is 5.30. The van der Waals surface area contributed by atoms with Crippen LogP contribution in [0.2, 0.25) is 5.02 Å². The number of hydrogen-bond acceptors (Lipinski definition) is 4. The number of hydrogen-bond donors (Lipinski definition) is 1. The topological polar surface area (TPSA) is 33.7 Å². The molecule has 1 N–H and O–H groups in total. The van der Waals surface area contributed by atoms with Crippen LogP contribution in [0, 0.1) is 0 Å². The predicted octanol–water partition coefficient (Wildman–Crippen LogP) is 5.13. The number of nitrogens with one attached hydrogen (secondary N) is 1. The van der Waals surface area contributed by atoms with Crippen LogP contribution in [0.5, 0.6) is 5.75 Å². The van der Waals surface area contributed by atoms with Crippen LogP contribution in [-0.4, -0.2) is 13.7 Å². The lowest BCUT2D eigenvalue weighted by Crippen LogP contribution is -2.46. The van der Waals surface area contributed by atoms with E-state index >= 15 is 0 Å². The highest BCUT2D eigenvalue weighted by molar-refractivity contribution is 6.30. The first-order valence-electron chi connectivity index (χ1n) is 8.87. The zero-order valence-corrected chi connectivity index (χ0v) is 15.8. The highest BCUT2D eigenvalue weighted by atomic mass is 35.5. The molecule has 0 bridgehead atoms. The summed E-state index contributed by atoms with van der Waals surface area (Å²) < 4.78 is 5.29. The van der Waals surface area contributed by atoms with E-state index in [4.69, 9.17) is 21.2 Å². The zero-order valence-electron chi connectivity index (χ0n) is 15.0. The fraction of sp³-hybridized carbons (Fsp3) is 0.182. The number of rotatable bonds is 4. The third-order valence-electron chi connectivity index (χ3n) is 4.75. The van der Waals surface area contributed by atoms with Crippen LogP contribution in [0.1, 0.15) is 23.4 Å². The van der Waals surface area contributed by atoms with E-state index in [0.717, 1.165) is 23.5 Å². The third-order valence-corrected chi connectivity index (χ3v) is 5.00. The molecule has 3 aromatic carbocycles. The van der Waals surface area contributed by atoms with Crippen LogP contribution >= 0.6 is 11.6 Å². The molecule has 1 saturated heterocycles. The molecule has 1 aliphatic rings. The molecule has 0 saturated carbocycles. The van der Waals surface area contributed by atoms with E-state index in [-0.39, 0.29) is 12.3 Å². The quantitative estimate of drug-likeness (QED) is 0.680. The number of anilines is 1. The molecular formula is C22H21ClN2O2. The van der Waals surface area contributed by atoms with Gasteiger partial charge < -0.3 is 9.64 Å². The standard InChI is InChI=1S/C22H21ClN2O2/c1-26-20-13-11-19(12-14-20)25-15-21(16-5-3-2-4-6-16)24-27-22(25)17-7-9-18(23)10-8-17/h2-14,21-22,24H,15H2,1H3. The van der Waals surface area contributed by atoms with Gasteiger partial charge in [-0.1, -0.05) is 54.1 Å². The minimum atomic E-state index is -0.254. The van der Waals surface area contributed by atoms with E-state index < -0.39 is 0 Å². The van der Waals surface area contributed by atoms with Gasteiger partial charge >= 0.3 is 0 Å². The van der Waals surface area contributed by atoms with Crippen LogP contribution in [0.4, 0.5) is 5.69 Å². The van der Waals surface area contributed by atoms with E-state index in [1.807, 2.05) is 54.6 Å². The highest BCUT2D eigenvalue weighted by Crippen LogP contribution is 2.35. The van der Waals surface area contributed by atoms with Crippen LogP contribution in [0.25, 0.3) is 0 Å². The van der Waals surface area contributed by atoms with Crippen molar-refractivity contribution in [3.8, 4) is 5.75 Å². The maximum absolute atomic E-state index is 6.10. The van der Waals surface area contributed by atoms with Crippen molar-refractivity contribution in [2.45, 2.75) is 12.3 Å². The smallest absolute Gasteiger partial charge is 0.176 e. The predicted molar refractivity (Wildman–Crippen MR) is 108 cm³/mol. The van der Waals surface area contributed by atoms with Gasteiger partial charge in [-0.2, -0.15) is 5.48 Å². The number of halogens is 1. The summed E-state index contributed by atoms with van der Waals surface area (Å²) in [4.78, 5) is 8.34. The van der Waals surface area contributed by atoms with E-state index in [1.54, 1.807) is 7.11 Å². The van der Waals surface area contributed by atoms with Crippen LogP contribution < -0.4 is 15.1 Å². The Labute approximate surface area is 164 Å². The molecule has 2 atom stereocenters. The van der Waals surface area contributed by atoms with Crippen molar-refractivity contribution in [1.82, 2.24) is 5.48 Å². The Hall–Kier alpha value is -2.53. The molecule has 0 aliphatic carbocycles. The second kappa shape index (κ2) is 8.01. The van der Waals surface area contributed by atoms with E-state index in [1.165, 1.54) is 5.56 Å². The molecule has 4 rings (SSSR count). The average molecular weight is 381 g/mol. The van der Waals surface area contributed by atoms with Crippen LogP contribution in [0.15, 0.2) is 78.9 Å². The lowest BCUT2D eigenvalue weighted by molar-refractivity contribution is -0.0735. The van der Waals surface area contributed by atoms with Gasteiger partial charge in [0.2, 0.25) is 0 Å². The molecule has 4 nitrogen and oxygen atoms in total. The summed E-state index contributed by atoms with van der Waals surface area (Å²) in [7, 11) is 1.67. The molecule has 2 unspecified atom stereocenters. The molecule has 0 radical (unpaired) electrons. The minimum absolute atomic E-state index is 0.0665. The van der Waals surface area contributed by atoms with Crippen molar-refractivity contribution in [2.24, 2.45) is 0 Å². The SMILES string of the molecule is COc1ccc(N2CC(c3ccccc3)NOC2c2ccc(Cl)cc2)cc1. The first kappa shape index (κ1) is 17.9. The molecule has 1 aliphatic heterocycles. The van der Waals surface area contributed by atoms with Gasteiger partial charge in [0.05, 0.1) is 13.2 Å². The lowest BCUT2D eigenvalue weighted by atomic mass is 10.0. The van der Waals surface area contributed by atoms with Gasteiger partial charge in [0.1, 0.15) is 5.75 Å². The van der Waals surface area contributed by atoms with Gasteiger partial charge in [0.25, 0.3) is 0 Å². The average Bonchev–Trinajstić information content (AvgIpc) is 2.75. The molecule has 138 valence electrons. The number of methoxy groups -OCH3 is 1.